The van der Waals surface area contributed by atoms with E-state index in [1.807, 2.05) is 0 Å². The van der Waals surface area contributed by atoms with Crippen molar-refractivity contribution in [3.05, 3.63) is 58.6 Å². The number of aliphatic hydroxyl groups is 1. The number of alkyl halides is 1. The van der Waals surface area contributed by atoms with Crippen LogP contribution in [0.2, 0.25) is 5.02 Å². The summed E-state index contributed by atoms with van der Waals surface area (Å²) in [4.78, 5) is -0.0450. The molecule has 0 spiro atoms. The predicted octanol–water partition coefficient (Wildman–Crippen LogP) is 3.31. The zero-order valence-corrected chi connectivity index (χ0v) is 20.6. The van der Waals surface area contributed by atoms with Crippen molar-refractivity contribution in [2.45, 2.75) is 41.7 Å². The van der Waals surface area contributed by atoms with E-state index in [1.165, 1.54) is 24.3 Å². The lowest BCUT2D eigenvalue weighted by Crippen LogP contribution is -2.51. The Bertz CT molecular complexity index is 1320. The van der Waals surface area contributed by atoms with E-state index in [1.54, 1.807) is 0 Å². The normalized spacial score (nSPS) is 26.8. The van der Waals surface area contributed by atoms with Crippen molar-refractivity contribution in [2.75, 3.05) is 18.4 Å². The van der Waals surface area contributed by atoms with Crippen LogP contribution < -0.4 is 9.46 Å². The fourth-order valence-corrected chi connectivity index (χ4v) is 7.66. The number of hydrogen-bond acceptors (Lipinski definition) is 6. The molecule has 1 aliphatic heterocycles. The summed E-state index contributed by atoms with van der Waals surface area (Å²) in [6, 6.07) is 4.51. The maximum Gasteiger partial charge on any atom is 0.241 e. The molecule has 3 unspecified atom stereocenters. The van der Waals surface area contributed by atoms with Gasteiger partial charge in [-0.25, -0.2) is 34.7 Å². The lowest BCUT2D eigenvalue weighted by atomic mass is 9.72. The third-order valence-electron chi connectivity index (χ3n) is 6.50. The maximum absolute atomic E-state index is 15.0. The molecule has 0 radical (unpaired) electrons. The van der Waals surface area contributed by atoms with E-state index in [9.17, 15) is 30.7 Å². The lowest BCUT2D eigenvalue weighted by Gasteiger charge is -2.43. The van der Waals surface area contributed by atoms with Gasteiger partial charge in [0.05, 0.1) is 10.6 Å². The minimum absolute atomic E-state index is 0.0225. The molecule has 4 rings (SSSR count). The topological polar surface area (TPSA) is 110 Å². The summed E-state index contributed by atoms with van der Waals surface area (Å²) in [6.07, 6.45) is -0.260. The summed E-state index contributed by atoms with van der Waals surface area (Å²) in [5, 5.41) is 11.9. The van der Waals surface area contributed by atoms with Crippen LogP contribution in [0.4, 0.5) is 13.2 Å². The lowest BCUT2D eigenvalue weighted by molar-refractivity contribution is -0.0618. The third kappa shape index (κ3) is 5.31. The van der Waals surface area contributed by atoms with Gasteiger partial charge < -0.3 is 9.84 Å². The molecule has 35 heavy (non-hydrogen) atoms. The highest BCUT2D eigenvalue weighted by atomic mass is 35.5. The zero-order valence-electron chi connectivity index (χ0n) is 18.3. The minimum Gasteiger partial charge on any atom is -0.487 e. The Morgan fingerprint density at radius 3 is 2.37 bits per heavy atom. The third-order valence-corrected chi connectivity index (χ3v) is 9.59. The summed E-state index contributed by atoms with van der Waals surface area (Å²) in [6.45, 7) is -0.531. The molecule has 4 atom stereocenters. The van der Waals surface area contributed by atoms with Crippen LogP contribution in [0.5, 0.6) is 5.75 Å². The van der Waals surface area contributed by atoms with Gasteiger partial charge in [0.2, 0.25) is 16.0 Å². The number of benzene rings is 2. The first-order valence-electron chi connectivity index (χ1n) is 10.7. The van der Waals surface area contributed by atoms with E-state index in [-0.39, 0.29) is 29.7 Å². The Balaban J connectivity index is 1.79. The summed E-state index contributed by atoms with van der Waals surface area (Å²) in [5.74, 6) is -4.90. The van der Waals surface area contributed by atoms with Crippen LogP contribution in [-0.4, -0.2) is 52.0 Å². The Morgan fingerprint density at radius 1 is 1.06 bits per heavy atom. The second-order valence-electron chi connectivity index (χ2n) is 8.96. The van der Waals surface area contributed by atoms with Crippen molar-refractivity contribution in [3.63, 3.8) is 0 Å². The number of nitrogens with one attached hydrogen (secondary N) is 1. The molecule has 1 aliphatic carbocycles. The summed E-state index contributed by atoms with van der Waals surface area (Å²) in [7, 11) is -8.29. The zero-order chi connectivity index (χ0) is 25.6. The quantitative estimate of drug-likeness (QED) is 0.568. The standard InChI is InChI=1S/C22H23ClF3NO6S2/c23-14-2-5-16(6-3-14)34(29,30)10-13-1-4-15(27-35(31,32)12-24)9-22(28)11-33-21-18(26)8-7-17(25)19(21)20(13)22/h2-3,5-8,13,15,20,27-28H,1,4,9-12H2/t13?,15?,20?,22-/m0/s1. The van der Waals surface area contributed by atoms with Crippen molar-refractivity contribution in [1.29, 1.82) is 0 Å². The van der Waals surface area contributed by atoms with Crippen molar-refractivity contribution in [1.82, 2.24) is 4.72 Å². The minimum atomic E-state index is -4.31. The molecule has 0 saturated heterocycles. The van der Waals surface area contributed by atoms with Gasteiger partial charge in [0, 0.05) is 22.5 Å². The largest absolute Gasteiger partial charge is 0.487 e. The summed E-state index contributed by atoms with van der Waals surface area (Å²) in [5.41, 5.74) is -2.26. The first kappa shape index (κ1) is 26.2. The van der Waals surface area contributed by atoms with E-state index in [2.05, 4.69) is 4.72 Å². The van der Waals surface area contributed by atoms with Crippen LogP contribution in [0.1, 0.15) is 30.7 Å². The van der Waals surface area contributed by atoms with E-state index in [4.69, 9.17) is 16.3 Å². The Morgan fingerprint density at radius 2 is 1.71 bits per heavy atom. The molecule has 13 heteroatoms. The van der Waals surface area contributed by atoms with Crippen LogP contribution in [0.25, 0.3) is 0 Å². The van der Waals surface area contributed by atoms with Gasteiger partial charge in [0.15, 0.2) is 21.4 Å². The SMILES string of the molecule is O=S(=O)(CF)NC1CCC(CS(=O)(=O)c2ccc(Cl)cc2)C2c3c(F)ccc(F)c3OC[C@@]2(O)C1. The number of fused-ring (bicyclic) bond motifs is 3. The monoisotopic (exact) mass is 553 g/mol. The molecule has 1 fully saturated rings. The first-order chi connectivity index (χ1) is 16.3. The van der Waals surface area contributed by atoms with E-state index in [0.717, 1.165) is 12.1 Å². The fourth-order valence-electron chi connectivity index (χ4n) is 5.10. The second kappa shape index (κ2) is 9.55. The van der Waals surface area contributed by atoms with Crippen molar-refractivity contribution < 1.29 is 39.9 Å². The van der Waals surface area contributed by atoms with Gasteiger partial charge in [-0.15, -0.1) is 0 Å². The fraction of sp³-hybridized carbons (Fsp3) is 0.455. The number of hydrogen-bond donors (Lipinski definition) is 2. The second-order valence-corrected chi connectivity index (χ2v) is 13.1. The van der Waals surface area contributed by atoms with Gasteiger partial charge in [-0.05, 0) is 61.6 Å². The Hall–Kier alpha value is -1.86. The highest BCUT2D eigenvalue weighted by Crippen LogP contribution is 2.51. The van der Waals surface area contributed by atoms with Gasteiger partial charge in [-0.3, -0.25) is 0 Å². The molecular formula is C22H23ClF3NO6S2. The average molecular weight is 554 g/mol. The number of sulfonamides is 1. The van der Waals surface area contributed by atoms with Crippen LogP contribution in [-0.2, 0) is 19.9 Å². The van der Waals surface area contributed by atoms with Crippen molar-refractivity contribution in [3.8, 4) is 5.75 Å². The first-order valence-corrected chi connectivity index (χ1v) is 14.4. The van der Waals surface area contributed by atoms with Gasteiger partial charge in [0.25, 0.3) is 0 Å². The van der Waals surface area contributed by atoms with Crippen LogP contribution in [0, 0.1) is 17.6 Å². The van der Waals surface area contributed by atoms with E-state index < -0.39 is 79.1 Å². The average Bonchev–Trinajstić information content (AvgIpc) is 2.91. The van der Waals surface area contributed by atoms with Gasteiger partial charge in [0.1, 0.15) is 18.0 Å². The summed E-state index contributed by atoms with van der Waals surface area (Å²) < 4.78 is 100. The molecule has 2 N–H and O–H groups in total. The van der Waals surface area contributed by atoms with Crippen LogP contribution in [0.15, 0.2) is 41.3 Å². The highest BCUT2D eigenvalue weighted by Gasteiger charge is 2.53. The number of halogens is 4. The molecular weight excluding hydrogens is 531 g/mol. The molecule has 2 aliphatic rings. The number of sulfone groups is 1. The van der Waals surface area contributed by atoms with Crippen molar-refractivity contribution in [2.24, 2.45) is 5.92 Å². The number of ether oxygens (including phenoxy) is 1. The predicted molar refractivity (Wildman–Crippen MR) is 122 cm³/mol. The molecule has 0 bridgehead atoms. The molecule has 0 aromatic heterocycles. The van der Waals surface area contributed by atoms with Crippen molar-refractivity contribution >= 4 is 31.5 Å². The molecule has 1 heterocycles. The molecule has 2 aromatic carbocycles. The van der Waals surface area contributed by atoms with Gasteiger partial charge in [-0.2, -0.15) is 0 Å². The summed E-state index contributed by atoms with van der Waals surface area (Å²) >= 11 is 5.85. The van der Waals surface area contributed by atoms with Crippen LogP contribution >= 0.6 is 11.6 Å². The highest BCUT2D eigenvalue weighted by molar-refractivity contribution is 7.91. The maximum atomic E-state index is 15.0. The Kier molecular flexibility index (Phi) is 7.15. The van der Waals surface area contributed by atoms with Gasteiger partial charge in [-0.1, -0.05) is 11.6 Å². The molecule has 0 amide bonds. The van der Waals surface area contributed by atoms with E-state index >= 15 is 4.39 Å². The molecule has 7 nitrogen and oxygen atoms in total. The Labute approximate surface area is 206 Å². The molecule has 2 aromatic rings. The smallest absolute Gasteiger partial charge is 0.241 e. The van der Waals surface area contributed by atoms with E-state index in [0.29, 0.717) is 5.02 Å². The van der Waals surface area contributed by atoms with Crippen LogP contribution in [0.3, 0.4) is 0 Å². The molecule has 1 saturated carbocycles. The van der Waals surface area contributed by atoms with Gasteiger partial charge >= 0.3 is 0 Å². The molecule has 192 valence electrons. The number of rotatable bonds is 6.